The molecule has 0 aliphatic rings. The Morgan fingerprint density at radius 2 is 1.91 bits per heavy atom. The first-order valence-corrected chi connectivity index (χ1v) is 7.68. The predicted octanol–water partition coefficient (Wildman–Crippen LogP) is 2.02. The van der Waals surface area contributed by atoms with Gasteiger partial charge in [0, 0.05) is 11.7 Å². The lowest BCUT2D eigenvalue weighted by molar-refractivity contribution is -0.0982. The number of halogens is 1. The molecule has 5 nitrogen and oxygen atoms in total. The maximum absolute atomic E-state index is 10.2. The first-order valence-electron chi connectivity index (χ1n) is 7.30. The maximum atomic E-state index is 10.2. The molecule has 1 aromatic rings. The van der Waals surface area contributed by atoms with Crippen LogP contribution in [0.4, 0.5) is 0 Å². The summed E-state index contributed by atoms with van der Waals surface area (Å²) < 4.78 is 11.0. The van der Waals surface area contributed by atoms with Crippen molar-refractivity contribution < 1.29 is 19.5 Å². The van der Waals surface area contributed by atoms with Crippen LogP contribution in [0.25, 0.3) is 0 Å². The van der Waals surface area contributed by atoms with Crippen LogP contribution in [0, 0.1) is 5.92 Å². The van der Waals surface area contributed by atoms with Crippen molar-refractivity contribution in [2.24, 2.45) is 5.92 Å². The highest BCUT2D eigenvalue weighted by atomic mass is 35.5. The summed E-state index contributed by atoms with van der Waals surface area (Å²) in [5, 5.41) is 20.6. The van der Waals surface area contributed by atoms with E-state index in [1.165, 1.54) is 6.20 Å². The van der Waals surface area contributed by atoms with Crippen molar-refractivity contribution in [3.05, 3.63) is 17.3 Å². The molecule has 1 heterocycles. The van der Waals surface area contributed by atoms with Crippen molar-refractivity contribution in [2.75, 3.05) is 6.61 Å². The van der Waals surface area contributed by atoms with Gasteiger partial charge in [0.2, 0.25) is 5.88 Å². The van der Waals surface area contributed by atoms with E-state index in [4.69, 9.17) is 21.0 Å². The minimum absolute atomic E-state index is 0.307. The molecule has 0 saturated carbocycles. The fourth-order valence-corrected chi connectivity index (χ4v) is 1.65. The molecular formula is C15H25BClNO4. The largest absolute Gasteiger partial charge is 0.493 e. The van der Waals surface area contributed by atoms with Crippen LogP contribution in [0.2, 0.25) is 5.02 Å². The minimum atomic E-state index is -1.24. The molecule has 0 amide bonds. The van der Waals surface area contributed by atoms with Crippen molar-refractivity contribution in [1.29, 1.82) is 0 Å². The Hall–Kier alpha value is -0.815. The second-order valence-electron chi connectivity index (χ2n) is 6.80. The molecule has 0 aliphatic carbocycles. The molecule has 2 N–H and O–H groups in total. The third kappa shape index (κ3) is 5.12. The van der Waals surface area contributed by atoms with Crippen LogP contribution in [0.15, 0.2) is 12.3 Å². The molecule has 0 radical (unpaired) electrons. The smallest absolute Gasteiger partial charge is 0.476 e. The van der Waals surface area contributed by atoms with Crippen LogP contribution in [0.3, 0.4) is 0 Å². The molecule has 0 aromatic carbocycles. The molecule has 0 saturated heterocycles. The summed E-state index contributed by atoms with van der Waals surface area (Å²) in [7, 11) is -1.24. The van der Waals surface area contributed by atoms with E-state index in [0.29, 0.717) is 28.9 Å². The normalized spacial score (nSPS) is 12.6. The third-order valence-corrected chi connectivity index (χ3v) is 3.82. The van der Waals surface area contributed by atoms with Crippen molar-refractivity contribution in [2.45, 2.75) is 52.7 Å². The van der Waals surface area contributed by atoms with Gasteiger partial charge in [0.05, 0.1) is 17.8 Å². The molecule has 0 fully saturated rings. The van der Waals surface area contributed by atoms with E-state index in [9.17, 15) is 10.1 Å². The van der Waals surface area contributed by atoms with Gasteiger partial charge in [-0.3, -0.25) is 0 Å². The Morgan fingerprint density at radius 3 is 2.36 bits per heavy atom. The average Bonchev–Trinajstić information content (AvgIpc) is 2.35. The number of pyridine rings is 1. The van der Waals surface area contributed by atoms with Gasteiger partial charge in [-0.25, -0.2) is 4.98 Å². The number of aromatic nitrogens is 1. The van der Waals surface area contributed by atoms with E-state index < -0.39 is 18.3 Å². The van der Waals surface area contributed by atoms with Gasteiger partial charge in [-0.15, -0.1) is 0 Å². The van der Waals surface area contributed by atoms with Crippen LogP contribution >= 0.6 is 11.6 Å². The van der Waals surface area contributed by atoms with Gasteiger partial charge in [-0.05, 0) is 39.7 Å². The fourth-order valence-electron chi connectivity index (χ4n) is 1.42. The van der Waals surface area contributed by atoms with Gasteiger partial charge in [0.15, 0.2) is 0 Å². The monoisotopic (exact) mass is 329 g/mol. The highest BCUT2D eigenvalue weighted by Gasteiger charge is 2.39. The molecule has 0 bridgehead atoms. The summed E-state index contributed by atoms with van der Waals surface area (Å²) >= 11 is 6.11. The van der Waals surface area contributed by atoms with E-state index in [1.54, 1.807) is 33.8 Å². The predicted molar refractivity (Wildman–Crippen MR) is 88.6 cm³/mol. The SMILES string of the molecule is CC(C)COc1ncc(B(O)OC(C)(C)C(C)(C)O)cc1Cl. The second-order valence-corrected chi connectivity index (χ2v) is 7.21. The topological polar surface area (TPSA) is 71.8 Å². The zero-order chi connectivity index (χ0) is 17.1. The molecular weight excluding hydrogens is 304 g/mol. The molecule has 0 atom stereocenters. The fraction of sp³-hybridized carbons (Fsp3) is 0.667. The average molecular weight is 330 g/mol. The Labute approximate surface area is 137 Å². The minimum Gasteiger partial charge on any atom is -0.476 e. The number of aliphatic hydroxyl groups is 1. The molecule has 7 heteroatoms. The highest BCUT2D eigenvalue weighted by Crippen LogP contribution is 2.26. The number of hydrogen-bond donors (Lipinski definition) is 2. The number of hydrogen-bond acceptors (Lipinski definition) is 5. The van der Waals surface area contributed by atoms with E-state index in [2.05, 4.69) is 4.98 Å². The molecule has 1 rings (SSSR count). The Balaban J connectivity index is 2.83. The van der Waals surface area contributed by atoms with Gasteiger partial charge in [-0.2, -0.15) is 0 Å². The Morgan fingerprint density at radius 1 is 1.32 bits per heavy atom. The zero-order valence-corrected chi connectivity index (χ0v) is 14.8. The summed E-state index contributed by atoms with van der Waals surface area (Å²) in [6, 6.07) is 1.55. The molecule has 0 unspecified atom stereocenters. The van der Waals surface area contributed by atoms with E-state index in [1.807, 2.05) is 13.8 Å². The summed E-state index contributed by atoms with van der Waals surface area (Å²) in [5.74, 6) is 0.687. The molecule has 0 spiro atoms. The van der Waals surface area contributed by atoms with Crippen molar-refractivity contribution in [3.8, 4) is 5.88 Å². The van der Waals surface area contributed by atoms with E-state index in [0.717, 1.165) is 0 Å². The summed E-state index contributed by atoms with van der Waals surface area (Å²) in [6.07, 6.45) is 1.45. The lowest BCUT2D eigenvalue weighted by atomic mass is 9.77. The first kappa shape index (κ1) is 19.2. The van der Waals surface area contributed by atoms with Crippen LogP contribution in [-0.4, -0.2) is 40.0 Å². The molecule has 0 aliphatic heterocycles. The van der Waals surface area contributed by atoms with Gasteiger partial charge in [0.25, 0.3) is 0 Å². The lowest BCUT2D eigenvalue weighted by Crippen LogP contribution is -2.53. The van der Waals surface area contributed by atoms with Gasteiger partial charge >= 0.3 is 7.12 Å². The van der Waals surface area contributed by atoms with Crippen LogP contribution in [0.1, 0.15) is 41.5 Å². The van der Waals surface area contributed by atoms with Crippen LogP contribution < -0.4 is 10.2 Å². The Bertz CT molecular complexity index is 503. The second kappa shape index (κ2) is 7.17. The highest BCUT2D eigenvalue weighted by molar-refractivity contribution is 6.60. The molecule has 1 aromatic heterocycles. The van der Waals surface area contributed by atoms with E-state index >= 15 is 0 Å². The quantitative estimate of drug-likeness (QED) is 0.749. The molecule has 124 valence electrons. The van der Waals surface area contributed by atoms with Gasteiger partial charge in [0.1, 0.15) is 5.02 Å². The summed E-state index contributed by atoms with van der Waals surface area (Å²) in [4.78, 5) is 4.11. The van der Waals surface area contributed by atoms with Crippen LogP contribution in [-0.2, 0) is 4.65 Å². The summed E-state index contributed by atoms with van der Waals surface area (Å²) in [6.45, 7) is 11.2. The van der Waals surface area contributed by atoms with Crippen molar-refractivity contribution in [3.63, 3.8) is 0 Å². The number of ether oxygens (including phenoxy) is 1. The maximum Gasteiger partial charge on any atom is 0.493 e. The van der Waals surface area contributed by atoms with Crippen molar-refractivity contribution >= 4 is 24.2 Å². The Kier molecular flexibility index (Phi) is 6.27. The van der Waals surface area contributed by atoms with E-state index in [-0.39, 0.29) is 0 Å². The number of nitrogens with zero attached hydrogens (tertiary/aromatic N) is 1. The van der Waals surface area contributed by atoms with Gasteiger partial charge < -0.3 is 19.5 Å². The third-order valence-electron chi connectivity index (χ3n) is 3.55. The lowest BCUT2D eigenvalue weighted by Gasteiger charge is -2.38. The zero-order valence-electron chi connectivity index (χ0n) is 14.1. The number of rotatable bonds is 7. The summed E-state index contributed by atoms with van der Waals surface area (Å²) in [5.41, 5.74) is -1.67. The molecule has 22 heavy (non-hydrogen) atoms. The van der Waals surface area contributed by atoms with Gasteiger partial charge in [-0.1, -0.05) is 25.4 Å². The van der Waals surface area contributed by atoms with Crippen molar-refractivity contribution in [1.82, 2.24) is 4.98 Å². The standard InChI is InChI=1S/C15H25BClNO4/c1-10(2)9-21-13-12(17)7-11(8-18-13)16(20)22-15(5,6)14(3,4)19/h7-8,10,19-20H,9H2,1-6H3. The van der Waals surface area contributed by atoms with Crippen LogP contribution in [0.5, 0.6) is 5.88 Å². The first-order chi connectivity index (χ1) is 9.94.